The SMILES string of the molecule is COC(=O)c1c(NC(=O)CCN2C(=O)c3cccc([N+](=O)[O-])c3C2=O)sc2c1CCC(C)C2. The van der Waals surface area contributed by atoms with Crippen LogP contribution in [-0.2, 0) is 22.4 Å². The number of nitro groups is 1. The first-order chi connectivity index (χ1) is 15.7. The molecule has 1 aromatic heterocycles. The minimum absolute atomic E-state index is 0.0531. The minimum Gasteiger partial charge on any atom is -0.465 e. The number of carbonyl (C=O) groups is 4. The maximum absolute atomic E-state index is 12.7. The Morgan fingerprint density at radius 3 is 2.76 bits per heavy atom. The number of hydrogen-bond acceptors (Lipinski definition) is 8. The number of hydrogen-bond donors (Lipinski definition) is 1. The zero-order valence-corrected chi connectivity index (χ0v) is 18.8. The van der Waals surface area contributed by atoms with E-state index in [1.807, 2.05) is 0 Å². The molecule has 1 N–H and O–H groups in total. The molecule has 172 valence electrons. The highest BCUT2D eigenvalue weighted by Gasteiger charge is 2.41. The Morgan fingerprint density at radius 1 is 1.30 bits per heavy atom. The molecule has 3 amide bonds. The van der Waals surface area contributed by atoms with Gasteiger partial charge in [0.15, 0.2) is 0 Å². The van der Waals surface area contributed by atoms with Crippen LogP contribution in [0, 0.1) is 16.0 Å². The van der Waals surface area contributed by atoms with Gasteiger partial charge in [0.25, 0.3) is 17.5 Å². The molecule has 33 heavy (non-hydrogen) atoms. The molecular weight excluding hydrogens is 450 g/mol. The van der Waals surface area contributed by atoms with Gasteiger partial charge < -0.3 is 10.1 Å². The number of esters is 1. The highest BCUT2D eigenvalue weighted by molar-refractivity contribution is 7.17. The molecule has 1 atom stereocenters. The lowest BCUT2D eigenvalue weighted by atomic mass is 9.88. The van der Waals surface area contributed by atoms with Gasteiger partial charge in [-0.05, 0) is 36.8 Å². The maximum atomic E-state index is 12.7. The predicted molar refractivity (Wildman–Crippen MR) is 119 cm³/mol. The number of benzene rings is 1. The summed E-state index contributed by atoms with van der Waals surface area (Å²) in [5.41, 5.74) is 0.490. The zero-order valence-electron chi connectivity index (χ0n) is 18.0. The van der Waals surface area contributed by atoms with Gasteiger partial charge in [0.2, 0.25) is 5.91 Å². The van der Waals surface area contributed by atoms with E-state index < -0.39 is 34.3 Å². The van der Waals surface area contributed by atoms with Crippen LogP contribution in [0.15, 0.2) is 18.2 Å². The first kappa shape index (κ1) is 22.6. The molecule has 2 heterocycles. The van der Waals surface area contributed by atoms with Gasteiger partial charge in [-0.15, -0.1) is 11.3 Å². The second-order valence-electron chi connectivity index (χ2n) is 8.06. The number of fused-ring (bicyclic) bond motifs is 2. The number of thiophene rings is 1. The summed E-state index contributed by atoms with van der Waals surface area (Å²) < 4.78 is 4.91. The number of rotatable bonds is 6. The number of nitrogens with zero attached hydrogens (tertiary/aromatic N) is 2. The minimum atomic E-state index is -0.800. The van der Waals surface area contributed by atoms with Gasteiger partial charge in [-0.3, -0.25) is 29.4 Å². The van der Waals surface area contributed by atoms with E-state index in [0.29, 0.717) is 16.5 Å². The van der Waals surface area contributed by atoms with Crippen molar-refractivity contribution in [3.05, 3.63) is 55.4 Å². The van der Waals surface area contributed by atoms with Gasteiger partial charge in [-0.1, -0.05) is 13.0 Å². The van der Waals surface area contributed by atoms with E-state index in [1.165, 1.54) is 30.6 Å². The Hall–Kier alpha value is -3.60. The molecule has 4 rings (SSSR count). The van der Waals surface area contributed by atoms with Crippen LogP contribution in [0.25, 0.3) is 0 Å². The number of nitrogens with one attached hydrogen (secondary N) is 1. The number of nitro benzene ring substituents is 1. The Balaban J connectivity index is 1.49. The zero-order chi connectivity index (χ0) is 23.9. The summed E-state index contributed by atoms with van der Waals surface area (Å²) in [4.78, 5) is 62.7. The van der Waals surface area contributed by atoms with Crippen molar-refractivity contribution in [2.45, 2.75) is 32.6 Å². The van der Waals surface area contributed by atoms with Crippen molar-refractivity contribution in [1.82, 2.24) is 4.90 Å². The summed E-state index contributed by atoms with van der Waals surface area (Å²) in [6.45, 7) is 1.89. The van der Waals surface area contributed by atoms with E-state index in [1.54, 1.807) is 0 Å². The van der Waals surface area contributed by atoms with E-state index in [0.717, 1.165) is 40.7 Å². The van der Waals surface area contributed by atoms with Gasteiger partial charge in [-0.2, -0.15) is 0 Å². The third kappa shape index (κ3) is 3.99. The average Bonchev–Trinajstić information content (AvgIpc) is 3.25. The Bertz CT molecular complexity index is 1200. The van der Waals surface area contributed by atoms with Crippen LogP contribution in [0.4, 0.5) is 10.7 Å². The second kappa shape index (κ2) is 8.74. The third-order valence-corrected chi connectivity index (χ3v) is 7.06. The Morgan fingerprint density at radius 2 is 2.06 bits per heavy atom. The van der Waals surface area contributed by atoms with E-state index in [-0.39, 0.29) is 24.1 Å². The first-order valence-electron chi connectivity index (χ1n) is 10.4. The van der Waals surface area contributed by atoms with Crippen molar-refractivity contribution < 1.29 is 28.8 Å². The third-order valence-electron chi connectivity index (χ3n) is 5.89. The quantitative estimate of drug-likeness (QED) is 0.296. The molecule has 1 aromatic carbocycles. The molecule has 0 radical (unpaired) electrons. The van der Waals surface area contributed by atoms with Crippen molar-refractivity contribution in [2.24, 2.45) is 5.92 Å². The number of imide groups is 1. The van der Waals surface area contributed by atoms with Crippen LogP contribution < -0.4 is 5.32 Å². The van der Waals surface area contributed by atoms with Gasteiger partial charge >= 0.3 is 5.97 Å². The number of amides is 3. The van der Waals surface area contributed by atoms with E-state index in [9.17, 15) is 29.3 Å². The fourth-order valence-electron chi connectivity index (χ4n) is 4.23. The molecular formula is C22H21N3O7S. The van der Waals surface area contributed by atoms with Gasteiger partial charge in [0.05, 0.1) is 23.2 Å². The van der Waals surface area contributed by atoms with Gasteiger partial charge in [-0.25, -0.2) is 4.79 Å². The molecule has 11 heteroatoms. The maximum Gasteiger partial charge on any atom is 0.341 e. The smallest absolute Gasteiger partial charge is 0.341 e. The van der Waals surface area contributed by atoms with Crippen molar-refractivity contribution in [2.75, 3.05) is 19.0 Å². The normalized spacial score (nSPS) is 16.9. The van der Waals surface area contributed by atoms with Crippen LogP contribution in [0.5, 0.6) is 0 Å². The molecule has 0 saturated carbocycles. The fraction of sp³-hybridized carbons (Fsp3) is 0.364. The molecule has 1 aliphatic carbocycles. The standard InChI is InChI=1S/C22H21N3O7S/c1-11-6-7-12-15(10-11)33-19(18(12)22(29)32-2)23-16(26)8-9-24-20(27)13-4-3-5-14(25(30)31)17(13)21(24)28/h3-5,11H,6-10H2,1-2H3,(H,23,26). The van der Waals surface area contributed by atoms with Gasteiger partial charge in [0.1, 0.15) is 10.6 Å². The highest BCUT2D eigenvalue weighted by atomic mass is 32.1. The van der Waals surface area contributed by atoms with Crippen LogP contribution in [0.3, 0.4) is 0 Å². The molecule has 0 fully saturated rings. The lowest BCUT2D eigenvalue weighted by molar-refractivity contribution is -0.385. The monoisotopic (exact) mass is 471 g/mol. The Kier molecular flexibility index (Phi) is 5.98. The lowest BCUT2D eigenvalue weighted by Gasteiger charge is -2.18. The van der Waals surface area contributed by atoms with Gasteiger partial charge in [0, 0.05) is 23.9 Å². The summed E-state index contributed by atoms with van der Waals surface area (Å²) in [5.74, 6) is -2.01. The second-order valence-corrected chi connectivity index (χ2v) is 9.17. The van der Waals surface area contributed by atoms with Crippen LogP contribution in [0.1, 0.15) is 61.3 Å². The summed E-state index contributed by atoms with van der Waals surface area (Å²) >= 11 is 1.34. The Labute approximate surface area is 192 Å². The van der Waals surface area contributed by atoms with Crippen LogP contribution in [0.2, 0.25) is 0 Å². The number of carbonyl (C=O) groups excluding carboxylic acids is 4. The number of ether oxygens (including phenoxy) is 1. The molecule has 1 aliphatic heterocycles. The summed E-state index contributed by atoms with van der Waals surface area (Å²) in [7, 11) is 1.28. The molecule has 0 bridgehead atoms. The van der Waals surface area contributed by atoms with Crippen molar-refractivity contribution >= 4 is 45.7 Å². The molecule has 2 aliphatic rings. The lowest BCUT2D eigenvalue weighted by Crippen LogP contribution is -2.33. The molecule has 0 spiro atoms. The molecule has 10 nitrogen and oxygen atoms in total. The number of methoxy groups -OCH3 is 1. The fourth-order valence-corrected chi connectivity index (χ4v) is 5.65. The molecule has 0 saturated heterocycles. The largest absolute Gasteiger partial charge is 0.465 e. The molecule has 1 unspecified atom stereocenters. The van der Waals surface area contributed by atoms with E-state index >= 15 is 0 Å². The number of anilines is 1. The topological polar surface area (TPSA) is 136 Å². The predicted octanol–water partition coefficient (Wildman–Crippen LogP) is 3.19. The van der Waals surface area contributed by atoms with Crippen molar-refractivity contribution in [1.29, 1.82) is 0 Å². The summed E-state index contributed by atoms with van der Waals surface area (Å²) in [6.07, 6.45) is 2.25. The van der Waals surface area contributed by atoms with Crippen molar-refractivity contribution in [3.8, 4) is 0 Å². The summed E-state index contributed by atoms with van der Waals surface area (Å²) in [5, 5.41) is 14.3. The van der Waals surface area contributed by atoms with E-state index in [2.05, 4.69) is 12.2 Å². The first-order valence-corrected chi connectivity index (χ1v) is 11.2. The van der Waals surface area contributed by atoms with E-state index in [4.69, 9.17) is 4.74 Å². The van der Waals surface area contributed by atoms with Crippen LogP contribution >= 0.6 is 11.3 Å². The van der Waals surface area contributed by atoms with Crippen LogP contribution in [-0.4, -0.2) is 47.2 Å². The summed E-state index contributed by atoms with van der Waals surface area (Å²) in [6, 6.07) is 3.85. The van der Waals surface area contributed by atoms with Crippen molar-refractivity contribution in [3.63, 3.8) is 0 Å². The average molecular weight is 471 g/mol. The molecule has 2 aromatic rings. The highest BCUT2D eigenvalue weighted by Crippen LogP contribution is 2.40.